The van der Waals surface area contributed by atoms with Crippen LogP contribution in [-0.2, 0) is 6.67 Å². The average Bonchev–Trinajstić information content (AvgIpc) is 2.78. The molecule has 1 aromatic heterocycles. The highest BCUT2D eigenvalue weighted by Gasteiger charge is 2.19. The molecule has 0 unspecified atom stereocenters. The van der Waals surface area contributed by atoms with E-state index in [0.29, 0.717) is 12.4 Å². The Morgan fingerprint density at radius 2 is 2.04 bits per heavy atom. The summed E-state index contributed by atoms with van der Waals surface area (Å²) in [6.45, 7) is 4.75. The van der Waals surface area contributed by atoms with Crippen molar-refractivity contribution in [1.82, 2.24) is 9.47 Å². The second kappa shape index (κ2) is 6.64. The molecule has 2 aromatic rings. The Balaban J connectivity index is 2.05. The second-order valence-electron chi connectivity index (χ2n) is 5.98. The van der Waals surface area contributed by atoms with Gasteiger partial charge in [-0.25, -0.2) is 0 Å². The van der Waals surface area contributed by atoms with Crippen LogP contribution in [0.25, 0.3) is 10.9 Å². The summed E-state index contributed by atoms with van der Waals surface area (Å²) in [5.74, 6) is 0.108. The molecule has 3 rings (SSSR count). The Morgan fingerprint density at radius 1 is 1.30 bits per heavy atom. The van der Waals surface area contributed by atoms with E-state index < -0.39 is 0 Å². The van der Waals surface area contributed by atoms with Crippen molar-refractivity contribution >= 4 is 33.9 Å². The molecule has 1 aliphatic heterocycles. The van der Waals surface area contributed by atoms with Crippen molar-refractivity contribution in [1.29, 1.82) is 0 Å². The molecule has 1 aromatic carbocycles. The molecule has 1 aliphatic rings. The van der Waals surface area contributed by atoms with Gasteiger partial charge in [0.05, 0.1) is 12.2 Å². The maximum atomic E-state index is 10.6. The first-order chi connectivity index (χ1) is 11.1. The molecule has 0 atom stereocenters. The molecule has 0 saturated carbocycles. The number of aromatic hydroxyl groups is 1. The van der Waals surface area contributed by atoms with E-state index in [2.05, 4.69) is 15.1 Å². The van der Waals surface area contributed by atoms with Gasteiger partial charge in [-0.15, -0.1) is 10.2 Å². The minimum absolute atomic E-state index is 0.0472. The fourth-order valence-corrected chi connectivity index (χ4v) is 3.12. The zero-order valence-corrected chi connectivity index (χ0v) is 14.0. The van der Waals surface area contributed by atoms with E-state index in [1.807, 2.05) is 29.7 Å². The van der Waals surface area contributed by atoms with E-state index in [4.69, 9.17) is 18.0 Å². The molecule has 0 spiro atoms. The Bertz CT molecular complexity index is 761. The zero-order chi connectivity index (χ0) is 16.4. The van der Waals surface area contributed by atoms with Gasteiger partial charge in [-0.3, -0.25) is 9.47 Å². The fraction of sp³-hybridized carbons (Fsp3) is 0.438. The Hall–Kier alpha value is -1.99. The smallest absolute Gasteiger partial charge is 0.221 e. The first-order valence-electron chi connectivity index (χ1n) is 7.81. The molecule has 122 valence electrons. The number of benzene rings is 1. The predicted octanol–water partition coefficient (Wildman–Crippen LogP) is 3.43. The van der Waals surface area contributed by atoms with Crippen molar-refractivity contribution in [3.8, 4) is 5.88 Å². The molecule has 23 heavy (non-hydrogen) atoms. The Kier molecular flexibility index (Phi) is 4.58. The van der Waals surface area contributed by atoms with E-state index in [1.165, 1.54) is 19.3 Å². The molecule has 0 radical (unpaired) electrons. The van der Waals surface area contributed by atoms with Crippen molar-refractivity contribution < 1.29 is 5.11 Å². The summed E-state index contributed by atoms with van der Waals surface area (Å²) >= 11 is 4.74. The maximum Gasteiger partial charge on any atom is 0.221 e. The van der Waals surface area contributed by atoms with Crippen LogP contribution in [0.3, 0.4) is 0 Å². The van der Waals surface area contributed by atoms with Crippen LogP contribution in [-0.4, -0.2) is 32.8 Å². The second-order valence-corrected chi connectivity index (χ2v) is 6.40. The summed E-state index contributed by atoms with van der Waals surface area (Å²) in [5, 5.41) is 19.3. The number of nitrogens with zero attached hydrogens (tertiary/aromatic N) is 4. The normalized spacial score (nSPS) is 16.4. The van der Waals surface area contributed by atoms with Gasteiger partial charge in [-0.1, -0.05) is 18.1 Å². The van der Waals surface area contributed by atoms with Crippen LogP contribution in [0.15, 0.2) is 28.4 Å². The summed E-state index contributed by atoms with van der Waals surface area (Å²) in [6.07, 6.45) is 3.68. The third-order valence-electron chi connectivity index (χ3n) is 4.20. The molecular weight excluding hydrogens is 310 g/mol. The van der Waals surface area contributed by atoms with Crippen molar-refractivity contribution in [2.24, 2.45) is 16.0 Å². The van der Waals surface area contributed by atoms with E-state index in [0.717, 1.165) is 29.6 Å². The molecule has 0 amide bonds. The molecular formula is C16H21N5OS. The summed E-state index contributed by atoms with van der Waals surface area (Å²) < 4.78 is 1.88. The maximum absolute atomic E-state index is 10.6. The zero-order valence-electron chi connectivity index (χ0n) is 13.2. The number of piperidine rings is 1. The van der Waals surface area contributed by atoms with Crippen molar-refractivity contribution in [3.63, 3.8) is 0 Å². The lowest BCUT2D eigenvalue weighted by Gasteiger charge is -2.27. The largest absolute Gasteiger partial charge is 0.493 e. The molecule has 0 aliphatic carbocycles. The Labute approximate surface area is 140 Å². The van der Waals surface area contributed by atoms with Crippen LogP contribution in [0, 0.1) is 6.92 Å². The van der Waals surface area contributed by atoms with E-state index in [1.54, 1.807) is 0 Å². The number of aromatic nitrogens is 1. The lowest BCUT2D eigenvalue weighted by Crippen LogP contribution is -2.31. The summed E-state index contributed by atoms with van der Waals surface area (Å²) in [6, 6.07) is 6.03. The van der Waals surface area contributed by atoms with Gasteiger partial charge in [0, 0.05) is 5.39 Å². The van der Waals surface area contributed by atoms with Crippen molar-refractivity contribution in [2.75, 3.05) is 13.1 Å². The lowest BCUT2D eigenvalue weighted by molar-refractivity contribution is 0.178. The summed E-state index contributed by atoms with van der Waals surface area (Å²) in [7, 11) is 0. The number of hydrogen-bond donors (Lipinski definition) is 2. The van der Waals surface area contributed by atoms with Gasteiger partial charge >= 0.3 is 0 Å². The molecule has 2 heterocycles. The Morgan fingerprint density at radius 3 is 2.74 bits per heavy atom. The van der Waals surface area contributed by atoms with Gasteiger partial charge in [0.2, 0.25) is 11.0 Å². The van der Waals surface area contributed by atoms with Gasteiger partial charge in [-0.05, 0) is 57.2 Å². The highest BCUT2D eigenvalue weighted by atomic mass is 32.1. The number of nitrogens with two attached hydrogens (primary N) is 1. The quantitative estimate of drug-likeness (QED) is 0.667. The molecule has 0 bridgehead atoms. The van der Waals surface area contributed by atoms with E-state index in [9.17, 15) is 5.11 Å². The molecule has 1 saturated heterocycles. The molecule has 7 heteroatoms. The van der Waals surface area contributed by atoms with Crippen LogP contribution < -0.4 is 5.73 Å². The third kappa shape index (κ3) is 3.35. The number of azo groups is 1. The number of hydrogen-bond acceptors (Lipinski definition) is 4. The van der Waals surface area contributed by atoms with Crippen molar-refractivity contribution in [3.05, 3.63) is 23.8 Å². The number of likely N-dealkylation sites (tertiary alicyclic amines) is 1. The fourth-order valence-electron chi connectivity index (χ4n) is 3.08. The number of fused-ring (bicyclic) bond motifs is 1. The van der Waals surface area contributed by atoms with Crippen LogP contribution in [0.5, 0.6) is 5.88 Å². The highest BCUT2D eigenvalue weighted by molar-refractivity contribution is 7.80. The van der Waals surface area contributed by atoms with Crippen molar-refractivity contribution in [2.45, 2.75) is 32.9 Å². The topological polar surface area (TPSA) is 79.1 Å². The standard InChI is InChI=1S/C16H21N5OS/c1-11-5-6-13-12(9-11)14(18-19-16(17)23)15(22)21(13)10-20-7-3-2-4-8-20/h5-6,9,22H,2-4,7-8,10H2,1H3,(H2,17,23). The number of rotatable bonds is 3. The molecule has 1 fully saturated rings. The summed E-state index contributed by atoms with van der Waals surface area (Å²) in [5.41, 5.74) is 7.86. The minimum atomic E-state index is -0.0472. The average molecular weight is 331 g/mol. The highest BCUT2D eigenvalue weighted by Crippen LogP contribution is 2.39. The van der Waals surface area contributed by atoms with E-state index in [-0.39, 0.29) is 11.0 Å². The van der Waals surface area contributed by atoms with Crippen LogP contribution in [0.4, 0.5) is 5.69 Å². The third-order valence-corrected chi connectivity index (χ3v) is 4.29. The first-order valence-corrected chi connectivity index (χ1v) is 8.22. The van der Waals surface area contributed by atoms with Gasteiger partial charge < -0.3 is 10.8 Å². The van der Waals surface area contributed by atoms with Crippen LogP contribution >= 0.6 is 12.2 Å². The van der Waals surface area contributed by atoms with Crippen LogP contribution in [0.2, 0.25) is 0 Å². The minimum Gasteiger partial charge on any atom is -0.493 e. The van der Waals surface area contributed by atoms with Crippen LogP contribution in [0.1, 0.15) is 24.8 Å². The molecule has 3 N–H and O–H groups in total. The summed E-state index contributed by atoms with van der Waals surface area (Å²) in [4.78, 5) is 2.34. The number of aryl methyl sites for hydroxylation is 1. The van der Waals surface area contributed by atoms with Gasteiger partial charge in [0.15, 0.2) is 5.69 Å². The number of thiocarbonyl (C=S) groups is 1. The van der Waals surface area contributed by atoms with Gasteiger partial charge in [0.25, 0.3) is 0 Å². The monoisotopic (exact) mass is 331 g/mol. The van der Waals surface area contributed by atoms with Gasteiger partial charge in [0.1, 0.15) is 0 Å². The lowest BCUT2D eigenvalue weighted by atomic mass is 10.1. The van der Waals surface area contributed by atoms with Gasteiger partial charge in [-0.2, -0.15) is 0 Å². The molecule has 6 nitrogen and oxygen atoms in total. The predicted molar refractivity (Wildman–Crippen MR) is 95.1 cm³/mol. The van der Waals surface area contributed by atoms with E-state index >= 15 is 0 Å². The SMILES string of the molecule is Cc1ccc2c(c1)c(N=NC(N)=S)c(O)n2CN1CCCCC1. The first kappa shape index (κ1) is 15.9.